The number of aryl methyl sites for hydroxylation is 1. The molecule has 0 bridgehead atoms. The molecule has 1 aliphatic rings. The van der Waals surface area contributed by atoms with Crippen LogP contribution in [0.15, 0.2) is 18.2 Å². The number of carboxylic acid groups (broad SMARTS) is 1. The van der Waals surface area contributed by atoms with Crippen molar-refractivity contribution in [2.45, 2.75) is 25.9 Å². The summed E-state index contributed by atoms with van der Waals surface area (Å²) in [7, 11) is 0. The average molecular weight is 221 g/mol. The first kappa shape index (κ1) is 10.8. The van der Waals surface area contributed by atoms with E-state index in [4.69, 9.17) is 9.84 Å². The van der Waals surface area contributed by atoms with E-state index in [-0.39, 0.29) is 0 Å². The molecule has 0 saturated carbocycles. The summed E-state index contributed by atoms with van der Waals surface area (Å²) in [4.78, 5) is 10.7. The number of aliphatic carboxylic acids is 1. The molecule has 1 unspecified atom stereocenters. The predicted molar refractivity (Wildman–Crippen MR) is 61.0 cm³/mol. The number of carboxylic acids is 1. The highest BCUT2D eigenvalue weighted by Crippen LogP contribution is 2.32. The fraction of sp³-hybridized carbons (Fsp3) is 0.417. The molecule has 1 aliphatic heterocycles. The van der Waals surface area contributed by atoms with Crippen LogP contribution >= 0.6 is 0 Å². The van der Waals surface area contributed by atoms with Crippen LogP contribution in [0.2, 0.25) is 0 Å². The first-order chi connectivity index (χ1) is 7.68. The van der Waals surface area contributed by atoms with Crippen LogP contribution in [-0.4, -0.2) is 23.7 Å². The maximum atomic E-state index is 10.7. The smallest absolute Gasteiger partial charge is 0.344 e. The van der Waals surface area contributed by atoms with Gasteiger partial charge in [-0.05, 0) is 31.4 Å². The van der Waals surface area contributed by atoms with Gasteiger partial charge in [0, 0.05) is 6.54 Å². The number of fused-ring (bicyclic) bond motifs is 1. The van der Waals surface area contributed by atoms with Crippen LogP contribution in [0.3, 0.4) is 0 Å². The van der Waals surface area contributed by atoms with Crippen LogP contribution in [-0.2, 0) is 11.2 Å². The molecule has 0 aromatic heterocycles. The Morgan fingerprint density at radius 1 is 1.56 bits per heavy atom. The minimum absolute atomic E-state index is 0.632. The van der Waals surface area contributed by atoms with E-state index < -0.39 is 12.1 Å². The molecule has 0 spiro atoms. The molecule has 1 aromatic carbocycles. The number of hydrogen-bond acceptors (Lipinski definition) is 3. The maximum Gasteiger partial charge on any atom is 0.344 e. The van der Waals surface area contributed by atoms with Gasteiger partial charge >= 0.3 is 5.97 Å². The van der Waals surface area contributed by atoms with Gasteiger partial charge in [-0.25, -0.2) is 4.79 Å². The van der Waals surface area contributed by atoms with Crippen molar-refractivity contribution in [3.8, 4) is 5.75 Å². The topological polar surface area (TPSA) is 58.6 Å². The molecule has 0 radical (unpaired) electrons. The van der Waals surface area contributed by atoms with Crippen LogP contribution < -0.4 is 10.1 Å². The Balaban J connectivity index is 2.24. The Morgan fingerprint density at radius 3 is 3.12 bits per heavy atom. The lowest BCUT2D eigenvalue weighted by Crippen LogP contribution is -2.24. The van der Waals surface area contributed by atoms with E-state index in [9.17, 15) is 4.79 Å². The molecule has 86 valence electrons. The molecule has 0 fully saturated rings. The number of benzene rings is 1. The van der Waals surface area contributed by atoms with E-state index in [1.807, 2.05) is 12.1 Å². The fourth-order valence-corrected chi connectivity index (χ4v) is 1.82. The summed E-state index contributed by atoms with van der Waals surface area (Å²) in [6.07, 6.45) is 1.29. The predicted octanol–water partition coefficient (Wildman–Crippen LogP) is 1.90. The van der Waals surface area contributed by atoms with Crippen molar-refractivity contribution in [3.63, 3.8) is 0 Å². The van der Waals surface area contributed by atoms with Crippen LogP contribution in [0.5, 0.6) is 5.75 Å². The van der Waals surface area contributed by atoms with Crippen molar-refractivity contribution in [2.24, 2.45) is 0 Å². The Hall–Kier alpha value is -1.71. The molecule has 0 saturated heterocycles. The first-order valence-electron chi connectivity index (χ1n) is 5.43. The summed E-state index contributed by atoms with van der Waals surface area (Å²) in [5.74, 6) is -0.319. The lowest BCUT2D eigenvalue weighted by molar-refractivity contribution is -0.144. The molecule has 4 nitrogen and oxygen atoms in total. The van der Waals surface area contributed by atoms with Crippen LogP contribution in [0.1, 0.15) is 18.9 Å². The maximum absolute atomic E-state index is 10.7. The Kier molecular flexibility index (Phi) is 2.99. The van der Waals surface area contributed by atoms with E-state index >= 15 is 0 Å². The van der Waals surface area contributed by atoms with Crippen LogP contribution in [0, 0.1) is 0 Å². The summed E-state index contributed by atoms with van der Waals surface area (Å²) < 4.78 is 5.41. The Morgan fingerprint density at radius 2 is 2.38 bits per heavy atom. The highest BCUT2D eigenvalue weighted by atomic mass is 16.5. The highest BCUT2D eigenvalue weighted by Gasteiger charge is 2.18. The molecule has 2 rings (SSSR count). The second-order valence-corrected chi connectivity index (χ2v) is 3.92. The molecular formula is C12H15NO3. The zero-order valence-corrected chi connectivity index (χ0v) is 9.19. The van der Waals surface area contributed by atoms with Gasteiger partial charge in [0.15, 0.2) is 6.10 Å². The molecule has 1 atom stereocenters. The minimum Gasteiger partial charge on any atom is -0.479 e. The van der Waals surface area contributed by atoms with Gasteiger partial charge in [0.2, 0.25) is 0 Å². The summed E-state index contributed by atoms with van der Waals surface area (Å²) in [6.45, 7) is 2.44. The van der Waals surface area contributed by atoms with E-state index in [1.54, 1.807) is 6.07 Å². The van der Waals surface area contributed by atoms with Crippen molar-refractivity contribution >= 4 is 11.7 Å². The number of hydrogen-bond donors (Lipinski definition) is 2. The van der Waals surface area contributed by atoms with Gasteiger partial charge < -0.3 is 15.2 Å². The zero-order chi connectivity index (χ0) is 11.5. The fourth-order valence-electron chi connectivity index (χ4n) is 1.82. The molecule has 0 aliphatic carbocycles. The van der Waals surface area contributed by atoms with Gasteiger partial charge in [0.25, 0.3) is 0 Å². The number of rotatable bonds is 3. The van der Waals surface area contributed by atoms with E-state index in [2.05, 4.69) is 5.32 Å². The summed E-state index contributed by atoms with van der Waals surface area (Å²) in [6, 6.07) is 5.74. The van der Waals surface area contributed by atoms with Gasteiger partial charge in [-0.1, -0.05) is 12.1 Å². The quantitative estimate of drug-likeness (QED) is 0.818. The normalized spacial score (nSPS) is 15.8. The molecular weight excluding hydrogens is 206 g/mol. The summed E-state index contributed by atoms with van der Waals surface area (Å²) >= 11 is 0. The van der Waals surface area contributed by atoms with Crippen molar-refractivity contribution in [3.05, 3.63) is 23.8 Å². The number of nitrogens with one attached hydrogen (secondary N) is 1. The van der Waals surface area contributed by atoms with E-state index in [0.717, 1.165) is 25.1 Å². The molecule has 2 N–H and O–H groups in total. The molecule has 0 amide bonds. The van der Waals surface area contributed by atoms with Gasteiger partial charge in [0.1, 0.15) is 5.75 Å². The standard InChI is InChI=1S/C12H15NO3/c1-8(12(14)15)16-10-6-2-4-9-5-3-7-13-11(9)10/h2,4,6,8,13H,3,5,7H2,1H3,(H,14,15). The second-order valence-electron chi connectivity index (χ2n) is 3.92. The Labute approximate surface area is 94.2 Å². The number of para-hydroxylation sites is 1. The van der Waals surface area contributed by atoms with Crippen LogP contribution in [0.4, 0.5) is 5.69 Å². The SMILES string of the molecule is CC(Oc1cccc2c1NCCC2)C(=O)O. The van der Waals surface area contributed by atoms with E-state index in [1.165, 1.54) is 12.5 Å². The summed E-state index contributed by atoms with van der Waals surface area (Å²) in [5.41, 5.74) is 2.14. The van der Waals surface area contributed by atoms with Crippen molar-refractivity contribution in [1.29, 1.82) is 0 Å². The average Bonchev–Trinajstić information content (AvgIpc) is 2.29. The van der Waals surface area contributed by atoms with Crippen molar-refractivity contribution < 1.29 is 14.6 Å². The van der Waals surface area contributed by atoms with Gasteiger partial charge in [-0.15, -0.1) is 0 Å². The van der Waals surface area contributed by atoms with Crippen molar-refractivity contribution in [2.75, 3.05) is 11.9 Å². The van der Waals surface area contributed by atoms with Gasteiger partial charge in [-0.3, -0.25) is 0 Å². The first-order valence-corrected chi connectivity index (χ1v) is 5.43. The van der Waals surface area contributed by atoms with E-state index in [0.29, 0.717) is 5.75 Å². The molecule has 16 heavy (non-hydrogen) atoms. The number of ether oxygens (including phenoxy) is 1. The monoisotopic (exact) mass is 221 g/mol. The van der Waals surface area contributed by atoms with Gasteiger partial charge in [0.05, 0.1) is 5.69 Å². The summed E-state index contributed by atoms with van der Waals surface area (Å²) in [5, 5.41) is 12.1. The zero-order valence-electron chi connectivity index (χ0n) is 9.19. The minimum atomic E-state index is -0.951. The largest absolute Gasteiger partial charge is 0.479 e. The third kappa shape index (κ3) is 2.10. The third-order valence-corrected chi connectivity index (χ3v) is 2.69. The van der Waals surface area contributed by atoms with Gasteiger partial charge in [-0.2, -0.15) is 0 Å². The number of anilines is 1. The highest BCUT2D eigenvalue weighted by molar-refractivity contribution is 5.73. The van der Waals surface area contributed by atoms with Crippen molar-refractivity contribution in [1.82, 2.24) is 0 Å². The second kappa shape index (κ2) is 4.43. The third-order valence-electron chi connectivity index (χ3n) is 2.69. The molecule has 1 aromatic rings. The molecule has 4 heteroatoms. The molecule has 1 heterocycles. The number of carbonyl (C=O) groups is 1. The lowest BCUT2D eigenvalue weighted by Gasteiger charge is -2.22. The van der Waals surface area contributed by atoms with Crippen LogP contribution in [0.25, 0.3) is 0 Å². The Bertz CT molecular complexity index is 403. The lowest BCUT2D eigenvalue weighted by atomic mass is 10.0.